The summed E-state index contributed by atoms with van der Waals surface area (Å²) in [7, 11) is 0. The lowest BCUT2D eigenvalue weighted by molar-refractivity contribution is -0.123. The zero-order valence-corrected chi connectivity index (χ0v) is 17.1. The number of ether oxygens (including phenoxy) is 1. The second-order valence-corrected chi connectivity index (χ2v) is 7.29. The van der Waals surface area contributed by atoms with Crippen LogP contribution in [-0.2, 0) is 9.53 Å². The number of carbonyl (C=O) groups excluding carboxylic acids is 2. The fraction of sp³-hybridized carbons (Fsp3) is 0.261. The van der Waals surface area contributed by atoms with Gasteiger partial charge in [0, 0.05) is 11.8 Å². The van der Waals surface area contributed by atoms with Crippen molar-refractivity contribution in [2.75, 3.05) is 5.32 Å². The van der Waals surface area contributed by atoms with Crippen molar-refractivity contribution in [2.45, 2.75) is 40.7 Å². The van der Waals surface area contributed by atoms with E-state index in [0.29, 0.717) is 11.1 Å². The van der Waals surface area contributed by atoms with Crippen LogP contribution in [0.15, 0.2) is 45.6 Å². The summed E-state index contributed by atoms with van der Waals surface area (Å²) < 4.78 is 10.7. The molecule has 0 aliphatic carbocycles. The Morgan fingerprint density at radius 1 is 0.966 bits per heavy atom. The first-order valence-electron chi connectivity index (χ1n) is 9.30. The molecule has 0 spiro atoms. The molecule has 2 aromatic carbocycles. The molecule has 6 nitrogen and oxygen atoms in total. The molecule has 0 bridgehead atoms. The molecule has 6 heteroatoms. The summed E-state index contributed by atoms with van der Waals surface area (Å²) in [5, 5.41) is 3.19. The molecule has 1 atom stereocenters. The molecule has 1 aromatic heterocycles. The molecule has 3 rings (SSSR count). The van der Waals surface area contributed by atoms with E-state index in [1.807, 2.05) is 39.8 Å². The van der Waals surface area contributed by atoms with Crippen LogP contribution >= 0.6 is 0 Å². The highest BCUT2D eigenvalue weighted by molar-refractivity contribution is 5.98. The van der Waals surface area contributed by atoms with Crippen molar-refractivity contribution >= 4 is 28.5 Å². The third-order valence-corrected chi connectivity index (χ3v) is 4.66. The molecule has 0 radical (unpaired) electrons. The lowest BCUT2D eigenvalue weighted by Crippen LogP contribution is -2.30. The zero-order valence-electron chi connectivity index (χ0n) is 17.1. The third kappa shape index (κ3) is 4.37. The molecule has 1 amide bonds. The molecule has 150 valence electrons. The van der Waals surface area contributed by atoms with Crippen LogP contribution in [0, 0.1) is 27.7 Å². The van der Waals surface area contributed by atoms with Gasteiger partial charge in [-0.2, -0.15) is 0 Å². The average Bonchev–Trinajstić information content (AvgIpc) is 2.64. The van der Waals surface area contributed by atoms with Gasteiger partial charge in [-0.3, -0.25) is 9.59 Å². The normalized spacial score (nSPS) is 11.9. The van der Waals surface area contributed by atoms with Crippen LogP contribution in [0.4, 0.5) is 5.69 Å². The van der Waals surface area contributed by atoms with Crippen molar-refractivity contribution < 1.29 is 18.7 Å². The Bertz CT molecular complexity index is 1150. The number of esters is 1. The minimum Gasteiger partial charge on any atom is -0.449 e. The van der Waals surface area contributed by atoms with E-state index in [2.05, 4.69) is 5.32 Å². The van der Waals surface area contributed by atoms with Gasteiger partial charge in [0.15, 0.2) is 11.5 Å². The van der Waals surface area contributed by atoms with Crippen molar-refractivity contribution in [2.24, 2.45) is 0 Å². The fourth-order valence-corrected chi connectivity index (χ4v) is 3.24. The Labute approximate surface area is 168 Å². The van der Waals surface area contributed by atoms with Crippen molar-refractivity contribution in [3.63, 3.8) is 0 Å². The highest BCUT2D eigenvalue weighted by Crippen LogP contribution is 2.22. The number of carbonyl (C=O) groups is 2. The summed E-state index contributed by atoms with van der Waals surface area (Å²) in [5.41, 5.74) is 4.49. The van der Waals surface area contributed by atoms with Gasteiger partial charge in [0.05, 0.1) is 5.39 Å². The van der Waals surface area contributed by atoms with Crippen LogP contribution in [0.25, 0.3) is 11.0 Å². The Morgan fingerprint density at radius 3 is 2.28 bits per heavy atom. The van der Waals surface area contributed by atoms with E-state index in [-0.39, 0.29) is 16.8 Å². The number of nitrogens with one attached hydrogen (secondary N) is 1. The van der Waals surface area contributed by atoms with Crippen molar-refractivity contribution in [1.82, 2.24) is 0 Å². The number of hydrogen-bond acceptors (Lipinski definition) is 5. The molecule has 1 N–H and O–H groups in total. The predicted octanol–water partition coefficient (Wildman–Crippen LogP) is 4.21. The number of fused-ring (bicyclic) bond motifs is 1. The average molecular weight is 393 g/mol. The Morgan fingerprint density at radius 2 is 1.62 bits per heavy atom. The Balaban J connectivity index is 1.77. The summed E-state index contributed by atoms with van der Waals surface area (Å²) in [5.74, 6) is -1.58. The molecule has 0 aliphatic rings. The lowest BCUT2D eigenvalue weighted by atomic mass is 10.0. The summed E-state index contributed by atoms with van der Waals surface area (Å²) in [4.78, 5) is 37.2. The fourth-order valence-electron chi connectivity index (χ4n) is 3.24. The molecule has 0 saturated carbocycles. The quantitative estimate of drug-likeness (QED) is 0.671. The van der Waals surface area contributed by atoms with E-state index in [0.717, 1.165) is 28.3 Å². The molecular formula is C23H23NO5. The summed E-state index contributed by atoms with van der Waals surface area (Å²) in [6.45, 7) is 9.11. The van der Waals surface area contributed by atoms with Crippen LogP contribution in [0.1, 0.15) is 39.7 Å². The second kappa shape index (κ2) is 7.91. The molecule has 0 fully saturated rings. The Hall–Kier alpha value is -3.41. The summed E-state index contributed by atoms with van der Waals surface area (Å²) in [6, 6.07) is 10.1. The smallest absolute Gasteiger partial charge is 0.375 e. The second-order valence-electron chi connectivity index (χ2n) is 7.29. The standard InChI is InChI=1S/C23H23NO5/c1-12-6-7-19-17(10-12)18(25)11-20(29-19)23(27)28-16(5)22(26)24-21-14(3)8-13(2)9-15(21)4/h6-11,16H,1-5H3,(H,24,26)/t16-/m1/s1. The number of rotatable bonds is 4. The number of amides is 1. The minimum absolute atomic E-state index is 0.242. The van der Waals surface area contributed by atoms with Crippen molar-refractivity contribution in [3.8, 4) is 0 Å². The predicted molar refractivity (Wildman–Crippen MR) is 111 cm³/mol. The van der Waals surface area contributed by atoms with E-state index in [1.54, 1.807) is 18.2 Å². The highest BCUT2D eigenvalue weighted by Gasteiger charge is 2.22. The van der Waals surface area contributed by atoms with E-state index in [9.17, 15) is 14.4 Å². The summed E-state index contributed by atoms with van der Waals surface area (Å²) >= 11 is 0. The van der Waals surface area contributed by atoms with Crippen LogP contribution in [-0.4, -0.2) is 18.0 Å². The zero-order chi connectivity index (χ0) is 21.3. The first-order valence-corrected chi connectivity index (χ1v) is 9.30. The maximum Gasteiger partial charge on any atom is 0.375 e. The summed E-state index contributed by atoms with van der Waals surface area (Å²) in [6.07, 6.45) is -1.07. The molecular weight excluding hydrogens is 370 g/mol. The molecule has 1 heterocycles. The van der Waals surface area contributed by atoms with Crippen molar-refractivity contribution in [1.29, 1.82) is 0 Å². The van der Waals surface area contributed by atoms with E-state index in [1.165, 1.54) is 6.92 Å². The van der Waals surface area contributed by atoms with E-state index < -0.39 is 18.0 Å². The highest BCUT2D eigenvalue weighted by atomic mass is 16.6. The van der Waals surface area contributed by atoms with Crippen LogP contribution in [0.3, 0.4) is 0 Å². The Kier molecular flexibility index (Phi) is 5.55. The lowest BCUT2D eigenvalue weighted by Gasteiger charge is -2.16. The largest absolute Gasteiger partial charge is 0.449 e. The van der Waals surface area contributed by atoms with Crippen LogP contribution < -0.4 is 10.7 Å². The van der Waals surface area contributed by atoms with E-state index >= 15 is 0 Å². The number of anilines is 1. The molecule has 0 aliphatic heterocycles. The van der Waals surface area contributed by atoms with Crippen molar-refractivity contribution in [3.05, 3.63) is 74.6 Å². The van der Waals surface area contributed by atoms with Crippen LogP contribution in [0.2, 0.25) is 0 Å². The maximum atomic E-state index is 12.5. The van der Waals surface area contributed by atoms with Gasteiger partial charge in [0.1, 0.15) is 5.58 Å². The number of benzene rings is 2. The topological polar surface area (TPSA) is 85.6 Å². The SMILES string of the molecule is Cc1cc(C)c(NC(=O)[C@@H](C)OC(=O)c2cc(=O)c3cc(C)ccc3o2)c(C)c1. The van der Waals surface area contributed by atoms with Gasteiger partial charge in [-0.1, -0.05) is 29.3 Å². The first-order chi connectivity index (χ1) is 13.7. The molecule has 29 heavy (non-hydrogen) atoms. The minimum atomic E-state index is -1.07. The van der Waals surface area contributed by atoms with Gasteiger partial charge in [-0.15, -0.1) is 0 Å². The van der Waals surface area contributed by atoms with E-state index in [4.69, 9.17) is 9.15 Å². The molecule has 0 saturated heterocycles. The van der Waals surface area contributed by atoms with Gasteiger partial charge < -0.3 is 14.5 Å². The molecule has 3 aromatic rings. The number of hydrogen-bond donors (Lipinski definition) is 1. The number of aryl methyl sites for hydroxylation is 4. The monoisotopic (exact) mass is 393 g/mol. The maximum absolute atomic E-state index is 12.5. The van der Waals surface area contributed by atoms with Gasteiger partial charge in [-0.05, 0) is 57.9 Å². The van der Waals surface area contributed by atoms with Gasteiger partial charge >= 0.3 is 5.97 Å². The van der Waals surface area contributed by atoms with Gasteiger partial charge in [0.2, 0.25) is 5.76 Å². The van der Waals surface area contributed by atoms with Gasteiger partial charge in [-0.25, -0.2) is 4.79 Å². The van der Waals surface area contributed by atoms with Gasteiger partial charge in [0.25, 0.3) is 5.91 Å². The molecule has 0 unspecified atom stereocenters. The van der Waals surface area contributed by atoms with Crippen LogP contribution in [0.5, 0.6) is 0 Å². The first kappa shape index (κ1) is 20.3. The third-order valence-electron chi connectivity index (χ3n) is 4.66.